The first-order valence-corrected chi connectivity index (χ1v) is 9.35. The highest BCUT2D eigenvalue weighted by Gasteiger charge is 2.18. The van der Waals surface area contributed by atoms with Gasteiger partial charge in [-0.05, 0) is 29.2 Å². The summed E-state index contributed by atoms with van der Waals surface area (Å²) in [5, 5.41) is 1.22. The molecule has 0 bridgehead atoms. The van der Waals surface area contributed by atoms with Crippen molar-refractivity contribution in [3.8, 4) is 0 Å². The summed E-state index contributed by atoms with van der Waals surface area (Å²) in [6, 6.07) is 14.8. The number of carbonyl (C=O) groups excluding carboxylic acids is 2. The van der Waals surface area contributed by atoms with Crippen LogP contribution in [0.25, 0.3) is 10.1 Å². The highest BCUT2D eigenvalue weighted by molar-refractivity contribution is 7.21. The number of hydrogen-bond donors (Lipinski definition) is 2. The first kappa shape index (κ1) is 18.4. The Morgan fingerprint density at radius 3 is 2.15 bits per heavy atom. The molecular formula is C20H19ClN2O2S. The monoisotopic (exact) mass is 386 g/mol. The van der Waals surface area contributed by atoms with E-state index in [4.69, 9.17) is 11.6 Å². The number of thiophene rings is 1. The maximum atomic E-state index is 12.4. The molecule has 3 rings (SSSR count). The van der Waals surface area contributed by atoms with E-state index in [1.165, 1.54) is 11.3 Å². The molecule has 2 amide bonds. The Bertz CT molecular complexity index is 972. The highest BCUT2D eigenvalue weighted by atomic mass is 35.5. The van der Waals surface area contributed by atoms with E-state index in [1.807, 2.05) is 36.4 Å². The Hall–Kier alpha value is -2.37. The van der Waals surface area contributed by atoms with Crippen molar-refractivity contribution in [2.45, 2.75) is 26.2 Å². The fourth-order valence-electron chi connectivity index (χ4n) is 2.52. The fourth-order valence-corrected chi connectivity index (χ4v) is 3.94. The third-order valence-corrected chi connectivity index (χ3v) is 5.72. The number of hydrogen-bond acceptors (Lipinski definition) is 3. The van der Waals surface area contributed by atoms with Crippen LogP contribution in [0.2, 0.25) is 5.02 Å². The van der Waals surface area contributed by atoms with Crippen molar-refractivity contribution in [3.05, 3.63) is 69.6 Å². The summed E-state index contributed by atoms with van der Waals surface area (Å²) in [6.45, 7) is 6.32. The zero-order valence-electron chi connectivity index (χ0n) is 14.7. The molecule has 2 N–H and O–H groups in total. The third-order valence-electron chi connectivity index (χ3n) is 4.04. The quantitative estimate of drug-likeness (QED) is 0.613. The number of hydrazine groups is 1. The topological polar surface area (TPSA) is 58.2 Å². The molecule has 1 aromatic heterocycles. The molecule has 0 unspecified atom stereocenters. The number of amides is 2. The van der Waals surface area contributed by atoms with E-state index in [9.17, 15) is 9.59 Å². The molecule has 4 nitrogen and oxygen atoms in total. The predicted octanol–water partition coefficient (Wildman–Crippen LogP) is 4.93. The summed E-state index contributed by atoms with van der Waals surface area (Å²) in [5.74, 6) is -0.813. The minimum absolute atomic E-state index is 0.0150. The van der Waals surface area contributed by atoms with Crippen LogP contribution in [0, 0.1) is 0 Å². The van der Waals surface area contributed by atoms with Crippen molar-refractivity contribution in [1.82, 2.24) is 10.9 Å². The van der Waals surface area contributed by atoms with Crippen molar-refractivity contribution in [1.29, 1.82) is 0 Å². The lowest BCUT2D eigenvalue weighted by molar-refractivity contribution is 0.0849. The van der Waals surface area contributed by atoms with Crippen LogP contribution in [0.5, 0.6) is 0 Å². The molecule has 0 saturated heterocycles. The Labute approximate surface area is 161 Å². The van der Waals surface area contributed by atoms with Gasteiger partial charge in [-0.3, -0.25) is 20.4 Å². The van der Waals surface area contributed by atoms with E-state index in [0.29, 0.717) is 15.5 Å². The van der Waals surface area contributed by atoms with E-state index in [-0.39, 0.29) is 11.3 Å². The molecule has 0 fully saturated rings. The van der Waals surface area contributed by atoms with Gasteiger partial charge in [-0.15, -0.1) is 11.3 Å². The summed E-state index contributed by atoms with van der Waals surface area (Å²) in [6.07, 6.45) is 0. The van der Waals surface area contributed by atoms with E-state index < -0.39 is 5.91 Å². The molecular weight excluding hydrogens is 368 g/mol. The van der Waals surface area contributed by atoms with Crippen molar-refractivity contribution >= 4 is 44.8 Å². The molecule has 0 radical (unpaired) electrons. The Morgan fingerprint density at radius 1 is 0.923 bits per heavy atom. The maximum absolute atomic E-state index is 12.4. The highest BCUT2D eigenvalue weighted by Crippen LogP contribution is 2.34. The van der Waals surface area contributed by atoms with Gasteiger partial charge in [-0.2, -0.15) is 0 Å². The van der Waals surface area contributed by atoms with Crippen LogP contribution < -0.4 is 10.9 Å². The molecule has 6 heteroatoms. The first-order valence-electron chi connectivity index (χ1n) is 8.15. The van der Waals surface area contributed by atoms with Crippen LogP contribution in [0.1, 0.15) is 46.4 Å². The molecule has 1 heterocycles. The lowest BCUT2D eigenvalue weighted by atomic mass is 9.87. The molecule has 0 spiro atoms. The summed E-state index contributed by atoms with van der Waals surface area (Å²) < 4.78 is 0.923. The second-order valence-corrected chi connectivity index (χ2v) is 8.41. The van der Waals surface area contributed by atoms with Crippen LogP contribution in [0.3, 0.4) is 0 Å². The van der Waals surface area contributed by atoms with Gasteiger partial charge in [0.2, 0.25) is 0 Å². The molecule has 0 atom stereocenters. The van der Waals surface area contributed by atoms with Gasteiger partial charge in [0.05, 0.1) is 5.02 Å². The summed E-state index contributed by atoms with van der Waals surface area (Å²) in [7, 11) is 0. The molecule has 2 aromatic carbocycles. The number of rotatable bonds is 2. The van der Waals surface area contributed by atoms with Crippen molar-refractivity contribution < 1.29 is 9.59 Å². The summed E-state index contributed by atoms with van der Waals surface area (Å²) in [4.78, 5) is 25.0. The standard InChI is InChI=1S/C20H19ClN2O2S/c1-20(2,3)13-10-8-12(9-11-13)18(24)22-23-19(25)17-16(21)14-6-4-5-7-15(14)26-17/h4-11H,1-3H3,(H,22,24)(H,23,25). The van der Waals surface area contributed by atoms with Gasteiger partial charge in [-0.25, -0.2) is 0 Å². The van der Waals surface area contributed by atoms with Crippen molar-refractivity contribution in [2.75, 3.05) is 0 Å². The largest absolute Gasteiger partial charge is 0.281 e. The molecule has 0 saturated carbocycles. The van der Waals surface area contributed by atoms with Crippen LogP contribution in [-0.4, -0.2) is 11.8 Å². The van der Waals surface area contributed by atoms with Crippen molar-refractivity contribution in [2.24, 2.45) is 0 Å². The Morgan fingerprint density at radius 2 is 1.54 bits per heavy atom. The molecule has 0 aliphatic carbocycles. The van der Waals surface area contributed by atoms with Crippen LogP contribution >= 0.6 is 22.9 Å². The van der Waals surface area contributed by atoms with Gasteiger partial charge in [0, 0.05) is 15.6 Å². The van der Waals surface area contributed by atoms with Gasteiger partial charge >= 0.3 is 0 Å². The van der Waals surface area contributed by atoms with Crippen LogP contribution in [0.4, 0.5) is 0 Å². The van der Waals surface area contributed by atoms with Gasteiger partial charge in [0.15, 0.2) is 0 Å². The smallest absolute Gasteiger partial charge is 0.267 e. The fraction of sp³-hybridized carbons (Fsp3) is 0.200. The minimum atomic E-state index is -0.434. The SMILES string of the molecule is CC(C)(C)c1ccc(C(=O)NNC(=O)c2sc3ccccc3c2Cl)cc1. The zero-order chi connectivity index (χ0) is 18.9. The second-order valence-electron chi connectivity index (χ2n) is 6.98. The second kappa shape index (κ2) is 7.09. The van der Waals surface area contributed by atoms with Gasteiger partial charge in [0.1, 0.15) is 4.88 Å². The van der Waals surface area contributed by atoms with E-state index >= 15 is 0 Å². The van der Waals surface area contributed by atoms with E-state index in [2.05, 4.69) is 31.6 Å². The maximum Gasteiger partial charge on any atom is 0.281 e. The van der Waals surface area contributed by atoms with Crippen molar-refractivity contribution in [3.63, 3.8) is 0 Å². The Balaban J connectivity index is 1.69. The van der Waals surface area contributed by atoms with Gasteiger partial charge in [0.25, 0.3) is 11.8 Å². The third kappa shape index (κ3) is 3.74. The Kier molecular flexibility index (Phi) is 5.03. The number of fused-ring (bicyclic) bond motifs is 1. The molecule has 26 heavy (non-hydrogen) atoms. The first-order chi connectivity index (χ1) is 12.3. The summed E-state index contributed by atoms with van der Waals surface area (Å²) in [5.41, 5.74) is 6.49. The molecule has 0 aliphatic rings. The number of nitrogens with one attached hydrogen (secondary N) is 2. The average molecular weight is 387 g/mol. The van der Waals surface area contributed by atoms with Crippen LogP contribution in [0.15, 0.2) is 48.5 Å². The molecule has 0 aliphatic heterocycles. The van der Waals surface area contributed by atoms with Crippen LogP contribution in [-0.2, 0) is 5.41 Å². The number of carbonyl (C=O) groups is 2. The number of benzene rings is 2. The lowest BCUT2D eigenvalue weighted by Crippen LogP contribution is -2.41. The molecule has 134 valence electrons. The van der Waals surface area contributed by atoms with E-state index in [1.54, 1.807) is 12.1 Å². The van der Waals surface area contributed by atoms with Gasteiger partial charge in [-0.1, -0.05) is 62.7 Å². The predicted molar refractivity (Wildman–Crippen MR) is 107 cm³/mol. The summed E-state index contributed by atoms with van der Waals surface area (Å²) >= 11 is 7.57. The minimum Gasteiger partial charge on any atom is -0.267 e. The van der Waals surface area contributed by atoms with E-state index in [0.717, 1.165) is 15.6 Å². The lowest BCUT2D eigenvalue weighted by Gasteiger charge is -2.19. The number of halogens is 1. The molecule has 3 aromatic rings. The average Bonchev–Trinajstić information content (AvgIpc) is 2.96. The van der Waals surface area contributed by atoms with Gasteiger partial charge < -0.3 is 0 Å². The normalized spacial score (nSPS) is 11.4. The zero-order valence-corrected chi connectivity index (χ0v) is 16.3.